The van der Waals surface area contributed by atoms with Crippen molar-refractivity contribution in [2.24, 2.45) is 0 Å². The molecule has 2 aromatic rings. The van der Waals surface area contributed by atoms with Crippen LogP contribution in [-0.2, 0) is 0 Å². The Morgan fingerprint density at radius 3 is 2.42 bits per heavy atom. The van der Waals surface area contributed by atoms with Gasteiger partial charge in [-0.3, -0.25) is 4.79 Å². The van der Waals surface area contributed by atoms with Crippen LogP contribution in [0.25, 0.3) is 0 Å². The van der Waals surface area contributed by atoms with Crippen molar-refractivity contribution in [2.45, 2.75) is 0 Å². The lowest BCUT2D eigenvalue weighted by atomic mass is 10.2. The number of carbonyl (C=O) groups excluding carboxylic acids is 1. The largest absolute Gasteiger partial charge is 0.492 e. The molecule has 0 bridgehead atoms. The summed E-state index contributed by atoms with van der Waals surface area (Å²) in [6, 6.07) is 16.2. The van der Waals surface area contributed by atoms with Crippen LogP contribution >= 0.6 is 11.6 Å². The van der Waals surface area contributed by atoms with Crippen LogP contribution < -0.4 is 10.1 Å². The highest BCUT2D eigenvalue weighted by Gasteiger charge is 2.02. The lowest BCUT2D eigenvalue weighted by Crippen LogP contribution is -2.27. The quantitative estimate of drug-likeness (QED) is 0.852. The molecule has 0 radical (unpaired) electrons. The van der Waals surface area contributed by atoms with Crippen molar-refractivity contribution < 1.29 is 9.53 Å². The van der Waals surface area contributed by atoms with Crippen molar-refractivity contribution in [3.05, 3.63) is 65.2 Å². The molecule has 0 aromatic heterocycles. The minimum absolute atomic E-state index is 0.0969. The molecular formula is C15H14ClNO2. The van der Waals surface area contributed by atoms with E-state index >= 15 is 0 Å². The van der Waals surface area contributed by atoms with Crippen molar-refractivity contribution in [1.82, 2.24) is 5.32 Å². The van der Waals surface area contributed by atoms with Gasteiger partial charge in [0, 0.05) is 10.6 Å². The Hall–Kier alpha value is -2.00. The molecule has 4 heteroatoms. The van der Waals surface area contributed by atoms with E-state index in [0.29, 0.717) is 23.7 Å². The fourth-order valence-electron chi connectivity index (χ4n) is 1.56. The standard InChI is InChI=1S/C15H14ClNO2/c16-13-6-8-14(9-7-13)19-11-10-17-15(18)12-4-2-1-3-5-12/h1-9H,10-11H2,(H,17,18). The van der Waals surface area contributed by atoms with Crippen LogP contribution in [0.2, 0.25) is 5.02 Å². The summed E-state index contributed by atoms with van der Waals surface area (Å²) in [5.74, 6) is 0.638. The van der Waals surface area contributed by atoms with Gasteiger partial charge in [0.05, 0.1) is 6.54 Å². The molecule has 0 saturated carbocycles. The molecule has 0 fully saturated rings. The summed E-state index contributed by atoms with van der Waals surface area (Å²) in [4.78, 5) is 11.7. The molecule has 0 spiro atoms. The maximum atomic E-state index is 11.7. The molecule has 1 amide bonds. The van der Waals surface area contributed by atoms with Crippen molar-refractivity contribution in [2.75, 3.05) is 13.2 Å². The summed E-state index contributed by atoms with van der Waals surface area (Å²) in [5, 5.41) is 3.46. The average molecular weight is 276 g/mol. The second-order valence-corrected chi connectivity index (χ2v) is 4.36. The summed E-state index contributed by atoms with van der Waals surface area (Å²) in [6.45, 7) is 0.872. The predicted molar refractivity (Wildman–Crippen MR) is 75.7 cm³/mol. The molecule has 0 aliphatic heterocycles. The van der Waals surface area contributed by atoms with Gasteiger partial charge in [0.25, 0.3) is 5.91 Å². The number of carbonyl (C=O) groups is 1. The number of amides is 1. The van der Waals surface area contributed by atoms with Gasteiger partial charge in [-0.2, -0.15) is 0 Å². The van der Waals surface area contributed by atoms with Crippen LogP contribution in [0.5, 0.6) is 5.75 Å². The molecule has 2 aromatic carbocycles. The van der Waals surface area contributed by atoms with Gasteiger partial charge in [-0.15, -0.1) is 0 Å². The van der Waals surface area contributed by atoms with E-state index < -0.39 is 0 Å². The number of benzene rings is 2. The minimum Gasteiger partial charge on any atom is -0.492 e. The van der Waals surface area contributed by atoms with Crippen molar-refractivity contribution in [3.63, 3.8) is 0 Å². The normalized spacial score (nSPS) is 9.95. The highest BCUT2D eigenvalue weighted by atomic mass is 35.5. The Morgan fingerprint density at radius 1 is 1.05 bits per heavy atom. The molecule has 0 unspecified atom stereocenters. The van der Waals surface area contributed by atoms with Gasteiger partial charge in [0.1, 0.15) is 12.4 Å². The fraction of sp³-hybridized carbons (Fsp3) is 0.133. The summed E-state index contributed by atoms with van der Waals surface area (Å²) in [6.07, 6.45) is 0. The van der Waals surface area contributed by atoms with Crippen molar-refractivity contribution in [3.8, 4) is 5.75 Å². The smallest absolute Gasteiger partial charge is 0.251 e. The summed E-state index contributed by atoms with van der Waals surface area (Å²) < 4.78 is 5.47. The zero-order valence-electron chi connectivity index (χ0n) is 10.3. The van der Waals surface area contributed by atoms with Crippen LogP contribution in [0.3, 0.4) is 0 Å². The van der Waals surface area contributed by atoms with Gasteiger partial charge < -0.3 is 10.1 Å². The van der Waals surface area contributed by atoms with Gasteiger partial charge in [0.15, 0.2) is 0 Å². The number of hydrogen-bond donors (Lipinski definition) is 1. The predicted octanol–water partition coefficient (Wildman–Crippen LogP) is 3.15. The first-order chi connectivity index (χ1) is 9.25. The molecule has 2 rings (SSSR count). The van der Waals surface area contributed by atoms with Gasteiger partial charge in [-0.05, 0) is 36.4 Å². The highest BCUT2D eigenvalue weighted by Crippen LogP contribution is 2.15. The maximum absolute atomic E-state index is 11.7. The zero-order valence-corrected chi connectivity index (χ0v) is 11.1. The summed E-state index contributed by atoms with van der Waals surface area (Å²) in [5.41, 5.74) is 0.647. The fourth-order valence-corrected chi connectivity index (χ4v) is 1.68. The van der Waals surface area contributed by atoms with Gasteiger partial charge in [0.2, 0.25) is 0 Å². The summed E-state index contributed by atoms with van der Waals surface area (Å²) in [7, 11) is 0. The van der Waals surface area contributed by atoms with Crippen LogP contribution in [0.15, 0.2) is 54.6 Å². The third kappa shape index (κ3) is 4.30. The average Bonchev–Trinajstić information content (AvgIpc) is 2.46. The zero-order chi connectivity index (χ0) is 13.5. The number of ether oxygens (including phenoxy) is 1. The molecule has 0 heterocycles. The molecule has 0 aliphatic carbocycles. The maximum Gasteiger partial charge on any atom is 0.251 e. The molecule has 3 nitrogen and oxygen atoms in total. The third-order valence-electron chi connectivity index (χ3n) is 2.51. The Morgan fingerprint density at radius 2 is 1.74 bits per heavy atom. The SMILES string of the molecule is O=C(NCCOc1ccc(Cl)cc1)c1ccccc1. The molecule has 0 saturated heterocycles. The Bertz CT molecular complexity index is 526. The first-order valence-corrected chi connectivity index (χ1v) is 6.35. The molecule has 0 aliphatic rings. The number of nitrogens with one attached hydrogen (secondary N) is 1. The number of halogens is 1. The van der Waals surface area contributed by atoms with Gasteiger partial charge in [-0.1, -0.05) is 29.8 Å². The van der Waals surface area contributed by atoms with E-state index in [1.165, 1.54) is 0 Å². The minimum atomic E-state index is -0.0969. The van der Waals surface area contributed by atoms with Gasteiger partial charge in [-0.25, -0.2) is 0 Å². The molecule has 98 valence electrons. The van der Waals surface area contributed by atoms with E-state index in [1.807, 2.05) is 18.2 Å². The van der Waals surface area contributed by atoms with E-state index in [2.05, 4.69) is 5.32 Å². The topological polar surface area (TPSA) is 38.3 Å². The number of hydrogen-bond acceptors (Lipinski definition) is 2. The van der Waals surface area contributed by atoms with E-state index in [0.717, 1.165) is 5.75 Å². The second kappa shape index (κ2) is 6.81. The van der Waals surface area contributed by atoms with Crippen LogP contribution in [-0.4, -0.2) is 19.1 Å². The van der Waals surface area contributed by atoms with E-state index in [1.54, 1.807) is 36.4 Å². The number of rotatable bonds is 5. The van der Waals surface area contributed by atoms with Crippen LogP contribution in [0, 0.1) is 0 Å². The third-order valence-corrected chi connectivity index (χ3v) is 2.76. The Balaban J connectivity index is 1.72. The Kier molecular flexibility index (Phi) is 4.81. The second-order valence-electron chi connectivity index (χ2n) is 3.92. The molecular weight excluding hydrogens is 262 g/mol. The van der Waals surface area contributed by atoms with Crippen LogP contribution in [0.1, 0.15) is 10.4 Å². The first-order valence-electron chi connectivity index (χ1n) is 5.97. The molecule has 0 atom stereocenters. The lowest BCUT2D eigenvalue weighted by Gasteiger charge is -2.07. The van der Waals surface area contributed by atoms with Crippen LogP contribution in [0.4, 0.5) is 0 Å². The van der Waals surface area contributed by atoms with Crippen molar-refractivity contribution in [1.29, 1.82) is 0 Å². The highest BCUT2D eigenvalue weighted by molar-refractivity contribution is 6.30. The molecule has 19 heavy (non-hydrogen) atoms. The summed E-state index contributed by atoms with van der Waals surface area (Å²) >= 11 is 5.77. The lowest BCUT2D eigenvalue weighted by molar-refractivity contribution is 0.0947. The van der Waals surface area contributed by atoms with Crippen molar-refractivity contribution >= 4 is 17.5 Å². The van der Waals surface area contributed by atoms with E-state index in [4.69, 9.17) is 16.3 Å². The molecule has 1 N–H and O–H groups in total. The van der Waals surface area contributed by atoms with E-state index in [9.17, 15) is 4.79 Å². The first kappa shape index (κ1) is 13.4. The monoisotopic (exact) mass is 275 g/mol. The van der Waals surface area contributed by atoms with E-state index in [-0.39, 0.29) is 5.91 Å². The Labute approximate surface area is 117 Å². The van der Waals surface area contributed by atoms with Gasteiger partial charge >= 0.3 is 0 Å².